The van der Waals surface area contributed by atoms with Crippen molar-refractivity contribution in [3.63, 3.8) is 0 Å². The van der Waals surface area contributed by atoms with Crippen LogP contribution < -0.4 is 5.32 Å². The van der Waals surface area contributed by atoms with Crippen molar-refractivity contribution >= 4 is 22.7 Å². The first kappa shape index (κ1) is 26.5. The molecule has 2 rings (SSSR count). The molecule has 1 heterocycles. The minimum atomic E-state index is 0.934. The second-order valence-electron chi connectivity index (χ2n) is 4.78. The minimum absolute atomic E-state index is 0.934. The number of H-pyrrole nitrogens is 1. The average molecular weight is 375 g/mol. The Kier molecular flexibility index (Phi) is 18.5. The molecule has 2 aromatic rings. The fourth-order valence-corrected chi connectivity index (χ4v) is 3.10. The number of benzene rings is 1. The topological polar surface area (TPSA) is 27.8 Å². The van der Waals surface area contributed by atoms with Crippen LogP contribution in [0.1, 0.15) is 45.9 Å². The van der Waals surface area contributed by atoms with Gasteiger partial charge < -0.3 is 10.3 Å². The molecule has 0 radical (unpaired) electrons. The maximum absolute atomic E-state index is 3.83. The SMILES string of the molecule is C=C/C=C(\C=C)SCc1[nH]c2ccccc2c1CC.CC.CC.CNC. The molecular formula is C23H38N2S. The lowest BCUT2D eigenvalue weighted by atomic mass is 10.1. The van der Waals surface area contributed by atoms with Gasteiger partial charge in [0.2, 0.25) is 0 Å². The van der Waals surface area contributed by atoms with E-state index in [0.29, 0.717) is 0 Å². The number of fused-ring (bicyclic) bond motifs is 1. The van der Waals surface area contributed by atoms with Crippen molar-refractivity contribution in [1.29, 1.82) is 0 Å². The fraction of sp³-hybridized carbons (Fsp3) is 0.391. The Hall–Kier alpha value is -1.71. The van der Waals surface area contributed by atoms with Gasteiger partial charge in [0, 0.05) is 27.3 Å². The highest BCUT2D eigenvalue weighted by molar-refractivity contribution is 8.02. The largest absolute Gasteiger partial charge is 0.357 e. The fourth-order valence-electron chi connectivity index (χ4n) is 2.23. The van der Waals surface area contributed by atoms with E-state index in [1.807, 2.05) is 53.9 Å². The van der Waals surface area contributed by atoms with Gasteiger partial charge in [0.25, 0.3) is 0 Å². The number of aryl methyl sites for hydroxylation is 1. The second kappa shape index (κ2) is 18.1. The summed E-state index contributed by atoms with van der Waals surface area (Å²) in [5.74, 6) is 0.934. The highest BCUT2D eigenvalue weighted by atomic mass is 32.2. The molecule has 0 saturated heterocycles. The lowest BCUT2D eigenvalue weighted by Crippen LogP contribution is -1.89. The Balaban J connectivity index is 0. The Morgan fingerprint density at radius 3 is 2.19 bits per heavy atom. The van der Waals surface area contributed by atoms with Crippen LogP contribution in [0.2, 0.25) is 0 Å². The third-order valence-electron chi connectivity index (χ3n) is 3.12. The van der Waals surface area contributed by atoms with Crippen molar-refractivity contribution < 1.29 is 0 Å². The van der Waals surface area contributed by atoms with Gasteiger partial charge in [-0.15, -0.1) is 11.8 Å². The molecule has 0 atom stereocenters. The molecule has 0 spiro atoms. The van der Waals surface area contributed by atoms with Crippen molar-refractivity contribution in [3.8, 4) is 0 Å². The average Bonchev–Trinajstić information content (AvgIpc) is 3.06. The molecule has 0 aliphatic heterocycles. The summed E-state index contributed by atoms with van der Waals surface area (Å²) in [5, 5.41) is 4.09. The van der Waals surface area contributed by atoms with E-state index in [-0.39, 0.29) is 0 Å². The predicted molar refractivity (Wildman–Crippen MR) is 125 cm³/mol. The Morgan fingerprint density at radius 1 is 1.12 bits per heavy atom. The zero-order chi connectivity index (χ0) is 20.4. The van der Waals surface area contributed by atoms with Crippen LogP contribution in [0.4, 0.5) is 0 Å². The zero-order valence-electron chi connectivity index (χ0n) is 17.8. The van der Waals surface area contributed by atoms with Crippen LogP contribution in [0.15, 0.2) is 60.6 Å². The van der Waals surface area contributed by atoms with Gasteiger partial charge in [0.15, 0.2) is 0 Å². The molecular weight excluding hydrogens is 336 g/mol. The number of allylic oxidation sites excluding steroid dienone is 3. The number of hydrogen-bond acceptors (Lipinski definition) is 2. The van der Waals surface area contributed by atoms with Crippen molar-refractivity contribution in [2.24, 2.45) is 0 Å². The molecule has 1 aromatic carbocycles. The van der Waals surface area contributed by atoms with Crippen LogP contribution in [-0.4, -0.2) is 19.1 Å². The van der Waals surface area contributed by atoms with E-state index in [9.17, 15) is 0 Å². The van der Waals surface area contributed by atoms with Gasteiger partial charge in [0.1, 0.15) is 0 Å². The van der Waals surface area contributed by atoms with Crippen molar-refractivity contribution in [2.75, 3.05) is 14.1 Å². The molecule has 0 bridgehead atoms. The molecule has 3 heteroatoms. The highest BCUT2D eigenvalue weighted by Gasteiger charge is 2.09. The third-order valence-corrected chi connectivity index (χ3v) is 4.19. The first-order valence-electron chi connectivity index (χ1n) is 9.46. The monoisotopic (exact) mass is 374 g/mol. The summed E-state index contributed by atoms with van der Waals surface area (Å²) in [7, 11) is 3.75. The first-order chi connectivity index (χ1) is 12.7. The molecule has 0 saturated carbocycles. The van der Waals surface area contributed by atoms with E-state index in [0.717, 1.165) is 17.1 Å². The van der Waals surface area contributed by atoms with Crippen LogP contribution in [0, 0.1) is 0 Å². The smallest absolute Gasteiger partial charge is 0.0459 e. The summed E-state index contributed by atoms with van der Waals surface area (Å²) in [6.07, 6.45) is 6.72. The summed E-state index contributed by atoms with van der Waals surface area (Å²) in [5.41, 5.74) is 3.96. The first-order valence-corrected chi connectivity index (χ1v) is 10.4. The lowest BCUT2D eigenvalue weighted by molar-refractivity contribution is 1.02. The summed E-state index contributed by atoms with van der Waals surface area (Å²) in [4.78, 5) is 4.68. The second-order valence-corrected chi connectivity index (χ2v) is 5.83. The number of thioether (sulfide) groups is 1. The molecule has 2 N–H and O–H groups in total. The van der Waals surface area contributed by atoms with Gasteiger partial charge in [0.05, 0.1) is 0 Å². The Labute approximate surface area is 165 Å². The molecule has 0 aliphatic rings. The summed E-state index contributed by atoms with van der Waals surface area (Å²) >= 11 is 1.78. The van der Waals surface area contributed by atoms with Crippen LogP contribution in [0.5, 0.6) is 0 Å². The normalized spacial score (nSPS) is 9.73. The Morgan fingerprint density at radius 2 is 1.69 bits per heavy atom. The number of aromatic nitrogens is 1. The van der Waals surface area contributed by atoms with E-state index < -0.39 is 0 Å². The summed E-state index contributed by atoms with van der Waals surface area (Å²) < 4.78 is 0. The predicted octanol–water partition coefficient (Wildman–Crippen LogP) is 7.11. The molecule has 0 unspecified atom stereocenters. The minimum Gasteiger partial charge on any atom is -0.357 e. The molecule has 0 aliphatic carbocycles. The maximum Gasteiger partial charge on any atom is 0.0459 e. The van der Waals surface area contributed by atoms with Gasteiger partial charge in [-0.1, -0.05) is 78.1 Å². The zero-order valence-corrected chi connectivity index (χ0v) is 18.6. The van der Waals surface area contributed by atoms with Crippen LogP contribution in [0.25, 0.3) is 10.9 Å². The number of para-hydroxylation sites is 1. The number of aromatic amines is 1. The van der Waals surface area contributed by atoms with Gasteiger partial charge in [-0.2, -0.15) is 0 Å². The quantitative estimate of drug-likeness (QED) is 0.527. The maximum atomic E-state index is 3.83. The molecule has 0 amide bonds. The van der Waals surface area contributed by atoms with Crippen LogP contribution >= 0.6 is 11.8 Å². The number of rotatable bonds is 6. The molecule has 146 valence electrons. The lowest BCUT2D eigenvalue weighted by Gasteiger charge is -2.03. The molecule has 1 aromatic heterocycles. The van der Waals surface area contributed by atoms with Crippen molar-refractivity contribution in [3.05, 3.63) is 71.8 Å². The van der Waals surface area contributed by atoms with E-state index in [4.69, 9.17) is 0 Å². The van der Waals surface area contributed by atoms with Crippen molar-refractivity contribution in [1.82, 2.24) is 10.3 Å². The highest BCUT2D eigenvalue weighted by Crippen LogP contribution is 2.28. The van der Waals surface area contributed by atoms with E-state index in [2.05, 4.69) is 54.6 Å². The summed E-state index contributed by atoms with van der Waals surface area (Å²) in [6.45, 7) is 17.8. The third kappa shape index (κ3) is 9.12. The van der Waals surface area contributed by atoms with Gasteiger partial charge >= 0.3 is 0 Å². The number of hydrogen-bond donors (Lipinski definition) is 2. The van der Waals surface area contributed by atoms with Crippen LogP contribution in [0.3, 0.4) is 0 Å². The van der Waals surface area contributed by atoms with E-state index in [1.54, 1.807) is 17.8 Å². The molecule has 0 fully saturated rings. The van der Waals surface area contributed by atoms with Gasteiger partial charge in [-0.3, -0.25) is 0 Å². The summed E-state index contributed by atoms with van der Waals surface area (Å²) in [6, 6.07) is 8.49. The molecule has 26 heavy (non-hydrogen) atoms. The van der Waals surface area contributed by atoms with Crippen molar-refractivity contribution in [2.45, 2.75) is 46.8 Å². The van der Waals surface area contributed by atoms with E-state index >= 15 is 0 Å². The molecule has 2 nitrogen and oxygen atoms in total. The standard InChI is InChI=1S/C17H19NS.C2H7N.2C2H6/c1-4-9-13(5-2)19-12-17-14(6-3)15-10-7-8-11-16(15)18-17;1-3-2;2*1-2/h4-5,7-11,18H,1-2,6,12H2,3H3;3H,1-2H3;2*1-2H3/b13-9+;;;. The number of nitrogens with one attached hydrogen (secondary N) is 2. The van der Waals surface area contributed by atoms with Crippen LogP contribution in [-0.2, 0) is 12.2 Å². The Bertz CT molecular complexity index is 639. The van der Waals surface area contributed by atoms with E-state index in [1.165, 1.54) is 22.2 Å². The van der Waals surface area contributed by atoms with Gasteiger partial charge in [-0.25, -0.2) is 0 Å². The van der Waals surface area contributed by atoms with Gasteiger partial charge in [-0.05, 0) is 38.2 Å².